The summed E-state index contributed by atoms with van der Waals surface area (Å²) in [6.07, 6.45) is 3.13. The molecule has 1 aliphatic rings. The summed E-state index contributed by atoms with van der Waals surface area (Å²) in [6, 6.07) is 0. The van der Waals surface area contributed by atoms with E-state index in [0.717, 1.165) is 19.3 Å². The lowest BCUT2D eigenvalue weighted by Gasteiger charge is -2.23. The molecular formula is C7H13NO3. The van der Waals surface area contributed by atoms with Gasteiger partial charge in [0.05, 0.1) is 0 Å². The molecule has 1 aliphatic carbocycles. The van der Waals surface area contributed by atoms with Crippen LogP contribution in [0.25, 0.3) is 0 Å². The predicted octanol–water partition coefficient (Wildman–Crippen LogP) is 0.438. The molecule has 0 heterocycles. The molecule has 1 saturated carbocycles. The SMILES string of the molecule is COCONC(=O)C1CCC1. The zero-order valence-electron chi connectivity index (χ0n) is 6.63. The number of hydrogen-bond acceptors (Lipinski definition) is 3. The molecule has 0 aliphatic heterocycles. The Morgan fingerprint density at radius 2 is 2.36 bits per heavy atom. The third kappa shape index (κ3) is 2.48. The lowest BCUT2D eigenvalue weighted by molar-refractivity contribution is -0.151. The van der Waals surface area contributed by atoms with Crippen LogP contribution in [0.5, 0.6) is 0 Å². The number of methoxy groups -OCH3 is 1. The van der Waals surface area contributed by atoms with E-state index in [4.69, 9.17) is 0 Å². The van der Waals surface area contributed by atoms with Crippen LogP contribution in [0.2, 0.25) is 0 Å². The van der Waals surface area contributed by atoms with Crippen LogP contribution in [0.15, 0.2) is 0 Å². The van der Waals surface area contributed by atoms with Gasteiger partial charge in [0.2, 0.25) is 5.91 Å². The first kappa shape index (κ1) is 8.49. The number of hydrogen-bond donors (Lipinski definition) is 1. The first-order valence-corrected chi connectivity index (χ1v) is 3.75. The normalized spacial score (nSPS) is 17.5. The van der Waals surface area contributed by atoms with Crippen LogP contribution in [0.4, 0.5) is 0 Å². The van der Waals surface area contributed by atoms with Crippen molar-refractivity contribution in [3.05, 3.63) is 0 Å². The Morgan fingerprint density at radius 3 is 2.82 bits per heavy atom. The summed E-state index contributed by atoms with van der Waals surface area (Å²) in [5.74, 6) is 0.153. The van der Waals surface area contributed by atoms with Gasteiger partial charge in [-0.15, -0.1) is 0 Å². The molecule has 0 unspecified atom stereocenters. The summed E-state index contributed by atoms with van der Waals surface area (Å²) in [5.41, 5.74) is 2.32. The van der Waals surface area contributed by atoms with Crippen LogP contribution < -0.4 is 5.48 Å². The smallest absolute Gasteiger partial charge is 0.246 e. The van der Waals surface area contributed by atoms with E-state index in [1.54, 1.807) is 0 Å². The molecule has 0 bridgehead atoms. The molecule has 4 nitrogen and oxygen atoms in total. The van der Waals surface area contributed by atoms with Gasteiger partial charge >= 0.3 is 0 Å². The molecule has 0 aromatic carbocycles. The molecule has 0 saturated heterocycles. The molecule has 1 fully saturated rings. The van der Waals surface area contributed by atoms with Gasteiger partial charge in [-0.3, -0.25) is 4.79 Å². The highest BCUT2D eigenvalue weighted by molar-refractivity contribution is 5.78. The molecule has 0 aromatic rings. The Morgan fingerprint density at radius 1 is 1.64 bits per heavy atom. The Kier molecular flexibility index (Phi) is 3.32. The third-order valence-corrected chi connectivity index (χ3v) is 1.83. The average molecular weight is 159 g/mol. The zero-order chi connectivity index (χ0) is 8.10. The van der Waals surface area contributed by atoms with Gasteiger partial charge in [0, 0.05) is 13.0 Å². The minimum absolute atomic E-state index is 0.0201. The van der Waals surface area contributed by atoms with Crippen LogP contribution in [0.3, 0.4) is 0 Å². The molecule has 0 aromatic heterocycles. The van der Waals surface area contributed by atoms with Crippen molar-refractivity contribution in [2.24, 2.45) is 5.92 Å². The fourth-order valence-electron chi connectivity index (χ4n) is 0.913. The maximum absolute atomic E-state index is 11.0. The number of hydroxylamine groups is 1. The first-order valence-electron chi connectivity index (χ1n) is 3.75. The average Bonchev–Trinajstić information content (AvgIpc) is 1.84. The third-order valence-electron chi connectivity index (χ3n) is 1.83. The Labute approximate surface area is 65.8 Å². The monoisotopic (exact) mass is 159 g/mol. The number of carbonyl (C=O) groups excluding carboxylic acids is 1. The molecule has 0 spiro atoms. The Balaban J connectivity index is 2.01. The van der Waals surface area contributed by atoms with Crippen LogP contribution in [-0.4, -0.2) is 19.8 Å². The van der Waals surface area contributed by atoms with Crippen molar-refractivity contribution in [3.63, 3.8) is 0 Å². The topological polar surface area (TPSA) is 47.6 Å². The van der Waals surface area contributed by atoms with Gasteiger partial charge in [-0.05, 0) is 12.8 Å². The minimum atomic E-state index is -0.0201. The quantitative estimate of drug-likeness (QED) is 0.368. The van der Waals surface area contributed by atoms with Gasteiger partial charge in [-0.1, -0.05) is 6.42 Å². The number of amides is 1. The molecular weight excluding hydrogens is 146 g/mol. The van der Waals surface area contributed by atoms with E-state index in [2.05, 4.69) is 15.1 Å². The molecule has 1 rings (SSSR count). The van der Waals surface area contributed by atoms with Crippen molar-refractivity contribution in [1.82, 2.24) is 5.48 Å². The summed E-state index contributed by atoms with van der Waals surface area (Å²) in [6.45, 7) is 0.110. The molecule has 1 amide bonds. The van der Waals surface area contributed by atoms with Crippen molar-refractivity contribution < 1.29 is 14.4 Å². The van der Waals surface area contributed by atoms with Gasteiger partial charge in [0.25, 0.3) is 0 Å². The van der Waals surface area contributed by atoms with Gasteiger partial charge < -0.3 is 4.74 Å². The number of nitrogens with one attached hydrogen (secondary N) is 1. The highest BCUT2D eigenvalue weighted by Gasteiger charge is 2.24. The summed E-state index contributed by atoms with van der Waals surface area (Å²) >= 11 is 0. The van der Waals surface area contributed by atoms with E-state index in [1.165, 1.54) is 7.11 Å². The molecule has 1 N–H and O–H groups in total. The highest BCUT2D eigenvalue weighted by atomic mass is 16.8. The van der Waals surface area contributed by atoms with Crippen LogP contribution in [0, 0.1) is 5.92 Å². The Bertz CT molecular complexity index is 134. The van der Waals surface area contributed by atoms with Crippen molar-refractivity contribution in [2.45, 2.75) is 19.3 Å². The summed E-state index contributed by atoms with van der Waals surface area (Å²) in [4.78, 5) is 15.7. The summed E-state index contributed by atoms with van der Waals surface area (Å²) in [7, 11) is 1.51. The summed E-state index contributed by atoms with van der Waals surface area (Å²) in [5, 5.41) is 0. The van der Waals surface area contributed by atoms with Crippen molar-refractivity contribution in [1.29, 1.82) is 0 Å². The minimum Gasteiger partial charge on any atom is -0.356 e. The van der Waals surface area contributed by atoms with Crippen molar-refractivity contribution in [2.75, 3.05) is 13.9 Å². The molecule has 0 atom stereocenters. The van der Waals surface area contributed by atoms with Gasteiger partial charge in [0.1, 0.15) is 0 Å². The van der Waals surface area contributed by atoms with Crippen LogP contribution in [-0.2, 0) is 14.4 Å². The first-order chi connectivity index (χ1) is 5.34. The number of carbonyl (C=O) groups is 1. The van der Waals surface area contributed by atoms with Gasteiger partial charge in [-0.2, -0.15) is 0 Å². The van der Waals surface area contributed by atoms with Gasteiger partial charge in [0.15, 0.2) is 6.79 Å². The zero-order valence-corrected chi connectivity index (χ0v) is 6.63. The maximum Gasteiger partial charge on any atom is 0.246 e. The molecule has 4 heteroatoms. The van der Waals surface area contributed by atoms with E-state index in [1.807, 2.05) is 0 Å². The number of ether oxygens (including phenoxy) is 1. The fourth-order valence-corrected chi connectivity index (χ4v) is 0.913. The second kappa shape index (κ2) is 4.31. The summed E-state index contributed by atoms with van der Waals surface area (Å²) < 4.78 is 4.59. The number of rotatable bonds is 4. The second-order valence-electron chi connectivity index (χ2n) is 2.65. The van der Waals surface area contributed by atoms with E-state index in [0.29, 0.717) is 0 Å². The molecule has 64 valence electrons. The highest BCUT2D eigenvalue weighted by Crippen LogP contribution is 2.25. The second-order valence-corrected chi connectivity index (χ2v) is 2.65. The predicted molar refractivity (Wildman–Crippen MR) is 38.4 cm³/mol. The van der Waals surface area contributed by atoms with Gasteiger partial charge in [-0.25, -0.2) is 10.3 Å². The molecule has 0 radical (unpaired) electrons. The lowest BCUT2D eigenvalue weighted by Crippen LogP contribution is -2.34. The largest absolute Gasteiger partial charge is 0.356 e. The van der Waals surface area contributed by atoms with Crippen molar-refractivity contribution in [3.8, 4) is 0 Å². The molecule has 11 heavy (non-hydrogen) atoms. The Hall–Kier alpha value is -0.610. The van der Waals surface area contributed by atoms with E-state index >= 15 is 0 Å². The van der Waals surface area contributed by atoms with Crippen LogP contribution >= 0.6 is 0 Å². The maximum atomic E-state index is 11.0. The lowest BCUT2D eigenvalue weighted by atomic mass is 9.85. The standard InChI is InChI=1S/C7H13NO3/c1-10-5-11-8-7(9)6-3-2-4-6/h6H,2-5H2,1H3,(H,8,9). The van der Waals surface area contributed by atoms with Crippen LogP contribution in [0.1, 0.15) is 19.3 Å². The fraction of sp³-hybridized carbons (Fsp3) is 0.857. The van der Waals surface area contributed by atoms with E-state index in [9.17, 15) is 4.79 Å². The van der Waals surface area contributed by atoms with E-state index in [-0.39, 0.29) is 18.6 Å². The van der Waals surface area contributed by atoms with Crippen molar-refractivity contribution >= 4 is 5.91 Å². The van der Waals surface area contributed by atoms with E-state index < -0.39 is 0 Å².